The lowest BCUT2D eigenvalue weighted by atomic mass is 10.2. The quantitative estimate of drug-likeness (QED) is 0.914. The number of rotatable bonds is 5. The minimum absolute atomic E-state index is 0.747. The summed E-state index contributed by atoms with van der Waals surface area (Å²) >= 11 is 7.53. The number of hydrogen-bond donors (Lipinski definition) is 1. The average Bonchev–Trinajstić information content (AvgIpc) is 3.08. The molecule has 1 fully saturated rings. The Morgan fingerprint density at radius 3 is 2.72 bits per heavy atom. The van der Waals surface area contributed by atoms with Crippen LogP contribution in [0.3, 0.4) is 0 Å². The minimum Gasteiger partial charge on any atom is -0.314 e. The van der Waals surface area contributed by atoms with Crippen LogP contribution in [-0.4, -0.2) is 22.8 Å². The van der Waals surface area contributed by atoms with Crippen LogP contribution in [0.25, 0.3) is 10.6 Å². The van der Waals surface area contributed by atoms with Crippen LogP contribution in [0, 0.1) is 0 Å². The molecule has 0 bridgehead atoms. The molecule has 0 atom stereocenters. The fraction of sp³-hybridized carbons (Fsp3) is 0.385. The zero-order valence-electron chi connectivity index (χ0n) is 9.90. The summed E-state index contributed by atoms with van der Waals surface area (Å²) in [6.07, 6.45) is 3.61. The van der Waals surface area contributed by atoms with Crippen molar-refractivity contribution in [3.05, 3.63) is 34.3 Å². The number of nitrogens with zero attached hydrogens (tertiary/aromatic N) is 2. The summed E-state index contributed by atoms with van der Waals surface area (Å²) in [5, 5.41) is 14.7. The van der Waals surface area contributed by atoms with Gasteiger partial charge in [0, 0.05) is 29.6 Å². The van der Waals surface area contributed by atoms with Crippen LogP contribution >= 0.6 is 22.9 Å². The number of halogens is 1. The van der Waals surface area contributed by atoms with Crippen molar-refractivity contribution in [2.75, 3.05) is 6.54 Å². The first-order valence-electron chi connectivity index (χ1n) is 6.13. The second kappa shape index (κ2) is 5.34. The van der Waals surface area contributed by atoms with Crippen molar-refractivity contribution < 1.29 is 0 Å². The first kappa shape index (κ1) is 12.1. The van der Waals surface area contributed by atoms with Gasteiger partial charge in [0.25, 0.3) is 0 Å². The molecule has 0 spiro atoms. The topological polar surface area (TPSA) is 37.8 Å². The van der Waals surface area contributed by atoms with Crippen molar-refractivity contribution in [1.82, 2.24) is 15.5 Å². The number of hydrogen-bond acceptors (Lipinski definition) is 4. The molecule has 3 nitrogen and oxygen atoms in total. The van der Waals surface area contributed by atoms with Gasteiger partial charge in [-0.2, -0.15) is 0 Å². The fourth-order valence-electron chi connectivity index (χ4n) is 1.73. The van der Waals surface area contributed by atoms with Crippen LogP contribution in [0.4, 0.5) is 0 Å². The van der Waals surface area contributed by atoms with Crippen molar-refractivity contribution in [3.63, 3.8) is 0 Å². The summed E-state index contributed by atoms with van der Waals surface area (Å²) < 4.78 is 0. The SMILES string of the molecule is Clc1ccc(-c2nnc(CCNC3CC3)s2)cc1. The van der Waals surface area contributed by atoms with Gasteiger partial charge in [-0.05, 0) is 25.0 Å². The third-order valence-corrected chi connectivity index (χ3v) is 4.19. The van der Waals surface area contributed by atoms with E-state index in [0.717, 1.165) is 39.6 Å². The van der Waals surface area contributed by atoms with Crippen molar-refractivity contribution in [3.8, 4) is 10.6 Å². The predicted octanol–water partition coefficient (Wildman–Crippen LogP) is 3.15. The summed E-state index contributed by atoms with van der Waals surface area (Å²) in [5.74, 6) is 0. The van der Waals surface area contributed by atoms with Crippen molar-refractivity contribution >= 4 is 22.9 Å². The standard InChI is InChI=1S/C13H14ClN3S/c14-10-3-1-9(2-4-10)13-17-16-12(18-13)7-8-15-11-5-6-11/h1-4,11,15H,5-8H2. The maximum absolute atomic E-state index is 5.87. The monoisotopic (exact) mass is 279 g/mol. The molecule has 0 aliphatic heterocycles. The molecule has 2 aromatic rings. The van der Waals surface area contributed by atoms with Gasteiger partial charge in [0.1, 0.15) is 10.0 Å². The highest BCUT2D eigenvalue weighted by Crippen LogP contribution is 2.25. The van der Waals surface area contributed by atoms with Gasteiger partial charge in [-0.25, -0.2) is 0 Å². The molecule has 1 aliphatic carbocycles. The van der Waals surface area contributed by atoms with Crippen molar-refractivity contribution in [2.24, 2.45) is 0 Å². The van der Waals surface area contributed by atoms with E-state index in [1.807, 2.05) is 24.3 Å². The van der Waals surface area contributed by atoms with Gasteiger partial charge in [0.05, 0.1) is 0 Å². The minimum atomic E-state index is 0.747. The highest BCUT2D eigenvalue weighted by molar-refractivity contribution is 7.14. The van der Waals surface area contributed by atoms with Crippen LogP contribution in [0.5, 0.6) is 0 Å². The third-order valence-electron chi connectivity index (χ3n) is 2.91. The molecule has 1 aromatic heterocycles. The molecule has 1 heterocycles. The molecule has 0 unspecified atom stereocenters. The lowest BCUT2D eigenvalue weighted by molar-refractivity contribution is 0.677. The Bertz CT molecular complexity index is 519. The highest BCUT2D eigenvalue weighted by atomic mass is 35.5. The molecule has 18 heavy (non-hydrogen) atoms. The lowest BCUT2D eigenvalue weighted by Crippen LogP contribution is -2.19. The number of nitrogens with one attached hydrogen (secondary N) is 1. The zero-order valence-corrected chi connectivity index (χ0v) is 11.5. The van der Waals surface area contributed by atoms with Crippen LogP contribution < -0.4 is 5.32 Å². The number of benzene rings is 1. The molecule has 1 aliphatic rings. The maximum atomic E-state index is 5.87. The van der Waals surface area contributed by atoms with E-state index < -0.39 is 0 Å². The molecule has 1 saturated carbocycles. The summed E-state index contributed by atoms with van der Waals surface area (Å²) in [5.41, 5.74) is 1.08. The van der Waals surface area contributed by atoms with E-state index in [0.29, 0.717) is 0 Å². The molecule has 0 amide bonds. The summed E-state index contributed by atoms with van der Waals surface area (Å²) in [6.45, 7) is 1.000. The Labute approximate surface area is 115 Å². The highest BCUT2D eigenvalue weighted by Gasteiger charge is 2.19. The van der Waals surface area contributed by atoms with Gasteiger partial charge in [-0.1, -0.05) is 35.1 Å². The summed E-state index contributed by atoms with van der Waals surface area (Å²) in [4.78, 5) is 0. The van der Waals surface area contributed by atoms with Crippen LogP contribution in [0.2, 0.25) is 5.02 Å². The van der Waals surface area contributed by atoms with E-state index in [1.165, 1.54) is 12.8 Å². The smallest absolute Gasteiger partial charge is 0.147 e. The van der Waals surface area contributed by atoms with E-state index in [9.17, 15) is 0 Å². The van der Waals surface area contributed by atoms with Crippen molar-refractivity contribution in [2.45, 2.75) is 25.3 Å². The van der Waals surface area contributed by atoms with E-state index in [1.54, 1.807) is 11.3 Å². The summed E-state index contributed by atoms with van der Waals surface area (Å²) in [6, 6.07) is 8.48. The first-order chi connectivity index (χ1) is 8.81. The van der Waals surface area contributed by atoms with E-state index >= 15 is 0 Å². The molecule has 0 radical (unpaired) electrons. The van der Waals surface area contributed by atoms with E-state index in [2.05, 4.69) is 15.5 Å². The van der Waals surface area contributed by atoms with Crippen molar-refractivity contribution in [1.29, 1.82) is 0 Å². The molecular weight excluding hydrogens is 266 g/mol. The average molecular weight is 280 g/mol. The Kier molecular flexibility index (Phi) is 3.59. The Morgan fingerprint density at radius 1 is 1.22 bits per heavy atom. The Morgan fingerprint density at radius 2 is 2.00 bits per heavy atom. The molecule has 1 aromatic carbocycles. The molecule has 0 saturated heterocycles. The van der Waals surface area contributed by atoms with Gasteiger partial charge in [-0.15, -0.1) is 10.2 Å². The predicted molar refractivity (Wildman–Crippen MR) is 75.1 cm³/mol. The lowest BCUT2D eigenvalue weighted by Gasteiger charge is -1.98. The van der Waals surface area contributed by atoms with Gasteiger partial charge in [0.2, 0.25) is 0 Å². The van der Waals surface area contributed by atoms with Crippen LogP contribution in [0.1, 0.15) is 17.8 Å². The third kappa shape index (κ3) is 3.07. The van der Waals surface area contributed by atoms with Crippen LogP contribution in [0.15, 0.2) is 24.3 Å². The molecule has 1 N–H and O–H groups in total. The second-order valence-electron chi connectivity index (χ2n) is 4.49. The molecule has 5 heteroatoms. The molecule has 94 valence electrons. The summed E-state index contributed by atoms with van der Waals surface area (Å²) in [7, 11) is 0. The zero-order chi connectivity index (χ0) is 12.4. The largest absolute Gasteiger partial charge is 0.314 e. The Balaban J connectivity index is 1.62. The van der Waals surface area contributed by atoms with Crippen LogP contribution in [-0.2, 0) is 6.42 Å². The van der Waals surface area contributed by atoms with Gasteiger partial charge >= 0.3 is 0 Å². The van der Waals surface area contributed by atoms with Gasteiger partial charge in [-0.3, -0.25) is 0 Å². The number of aromatic nitrogens is 2. The Hall–Kier alpha value is -0.970. The van der Waals surface area contributed by atoms with E-state index in [-0.39, 0.29) is 0 Å². The molecular formula is C13H14ClN3S. The fourth-order valence-corrected chi connectivity index (χ4v) is 2.70. The normalized spacial score (nSPS) is 14.9. The van der Waals surface area contributed by atoms with E-state index in [4.69, 9.17) is 11.6 Å². The maximum Gasteiger partial charge on any atom is 0.147 e. The first-order valence-corrected chi connectivity index (χ1v) is 7.32. The molecule has 3 rings (SSSR count). The second-order valence-corrected chi connectivity index (χ2v) is 5.98. The van der Waals surface area contributed by atoms with Gasteiger partial charge < -0.3 is 5.32 Å². The van der Waals surface area contributed by atoms with Gasteiger partial charge in [0.15, 0.2) is 0 Å².